The Hall–Kier alpha value is -2.44. The molecule has 0 unspecified atom stereocenters. The van der Waals surface area contributed by atoms with Crippen molar-refractivity contribution in [1.29, 1.82) is 0 Å². The lowest BCUT2D eigenvalue weighted by Gasteiger charge is -2.33. The number of oxazole rings is 1. The molecule has 28 heavy (non-hydrogen) atoms. The maximum Gasteiger partial charge on any atom is 0.417 e. The molecule has 0 spiro atoms. The minimum atomic E-state index is -0.507. The van der Waals surface area contributed by atoms with Crippen molar-refractivity contribution < 1.29 is 9.21 Å². The molecule has 0 aliphatic carbocycles. The van der Waals surface area contributed by atoms with Crippen LogP contribution in [0.2, 0.25) is 10.0 Å². The van der Waals surface area contributed by atoms with Gasteiger partial charge in [-0.15, -0.1) is 0 Å². The Morgan fingerprint density at radius 3 is 2.68 bits per heavy atom. The van der Waals surface area contributed by atoms with E-state index in [0.29, 0.717) is 39.2 Å². The lowest BCUT2D eigenvalue weighted by atomic mass is 9.93. The summed E-state index contributed by atoms with van der Waals surface area (Å²) >= 11 is 12.1. The fourth-order valence-corrected chi connectivity index (χ4v) is 3.87. The van der Waals surface area contributed by atoms with Crippen LogP contribution in [0, 0.1) is 5.92 Å². The van der Waals surface area contributed by atoms with Crippen molar-refractivity contribution >= 4 is 51.6 Å². The van der Waals surface area contributed by atoms with E-state index in [1.54, 1.807) is 18.2 Å². The van der Waals surface area contributed by atoms with Crippen molar-refractivity contribution in [3.63, 3.8) is 0 Å². The second-order valence-electron chi connectivity index (χ2n) is 7.01. The second-order valence-corrected chi connectivity index (χ2v) is 7.82. The summed E-state index contributed by atoms with van der Waals surface area (Å²) in [4.78, 5) is 28.5. The third-order valence-corrected chi connectivity index (χ3v) is 5.80. The first kappa shape index (κ1) is 18.9. The number of hydrogen-bond acceptors (Lipinski definition) is 4. The van der Waals surface area contributed by atoms with Crippen LogP contribution in [0.25, 0.3) is 11.1 Å². The molecule has 2 aromatic carbocycles. The highest BCUT2D eigenvalue weighted by atomic mass is 35.5. The van der Waals surface area contributed by atoms with Gasteiger partial charge in [-0.3, -0.25) is 9.78 Å². The summed E-state index contributed by atoms with van der Waals surface area (Å²) in [5, 5.41) is 3.99. The highest BCUT2D eigenvalue weighted by Gasteiger charge is 2.22. The lowest BCUT2D eigenvalue weighted by Crippen LogP contribution is -2.34. The number of H-pyrrole nitrogens is 1. The van der Waals surface area contributed by atoms with Gasteiger partial charge in [-0.05, 0) is 49.1 Å². The third kappa shape index (κ3) is 4.18. The SMILES string of the molecule is O=C(CC1CCN(c2ccc(Cl)c(Cl)c2)CC1)Nc1ccc2[nH]c(=O)oc2c1. The number of nitrogens with zero attached hydrogens (tertiary/aromatic N) is 1. The van der Waals surface area contributed by atoms with Crippen molar-refractivity contribution in [1.82, 2.24) is 4.98 Å². The van der Waals surface area contributed by atoms with Crippen molar-refractivity contribution in [2.45, 2.75) is 19.3 Å². The number of benzene rings is 2. The standard InChI is InChI=1S/C20H19Cl2N3O3/c21-15-3-2-14(11-16(15)22)25-7-5-12(6-8-25)9-19(26)23-13-1-4-17-18(10-13)28-20(27)24-17/h1-4,10-12H,5-9H2,(H,23,26)(H,24,27). The van der Waals surface area contributed by atoms with E-state index in [9.17, 15) is 9.59 Å². The van der Waals surface area contributed by atoms with Crippen LogP contribution in [0.4, 0.5) is 11.4 Å². The first-order valence-corrected chi connectivity index (χ1v) is 9.86. The Kier molecular flexibility index (Phi) is 5.33. The zero-order chi connectivity index (χ0) is 19.7. The molecule has 2 heterocycles. The van der Waals surface area contributed by atoms with Gasteiger partial charge in [0.05, 0.1) is 15.6 Å². The molecule has 1 aliphatic heterocycles. The molecule has 1 amide bonds. The van der Waals surface area contributed by atoms with Crippen molar-refractivity contribution in [2.75, 3.05) is 23.3 Å². The number of halogens is 2. The summed E-state index contributed by atoms with van der Waals surface area (Å²) in [7, 11) is 0. The average molecular weight is 420 g/mol. The lowest BCUT2D eigenvalue weighted by molar-refractivity contribution is -0.117. The molecule has 0 atom stereocenters. The average Bonchev–Trinajstić information content (AvgIpc) is 3.04. The van der Waals surface area contributed by atoms with Gasteiger partial charge in [0.25, 0.3) is 0 Å². The van der Waals surface area contributed by atoms with Crippen LogP contribution in [-0.2, 0) is 4.79 Å². The normalized spacial score (nSPS) is 15.1. The number of rotatable bonds is 4. The maximum atomic E-state index is 12.4. The van der Waals surface area contributed by atoms with Crippen LogP contribution < -0.4 is 16.0 Å². The number of nitrogens with one attached hydrogen (secondary N) is 2. The van der Waals surface area contributed by atoms with Gasteiger partial charge in [-0.1, -0.05) is 23.2 Å². The van der Waals surface area contributed by atoms with Crippen LogP contribution in [0.1, 0.15) is 19.3 Å². The predicted octanol–water partition coefficient (Wildman–Crippen LogP) is 4.67. The maximum absolute atomic E-state index is 12.4. The summed E-state index contributed by atoms with van der Waals surface area (Å²) in [6, 6.07) is 10.8. The summed E-state index contributed by atoms with van der Waals surface area (Å²) in [5.74, 6) is -0.217. The van der Waals surface area contributed by atoms with Gasteiger partial charge >= 0.3 is 5.76 Å². The van der Waals surface area contributed by atoms with Crippen LogP contribution in [0.3, 0.4) is 0 Å². The molecule has 0 radical (unpaired) electrons. The number of aromatic nitrogens is 1. The number of piperidine rings is 1. The molecular weight excluding hydrogens is 401 g/mol. The van der Waals surface area contributed by atoms with Gasteiger partial charge in [-0.2, -0.15) is 0 Å². The van der Waals surface area contributed by atoms with Gasteiger partial charge in [0, 0.05) is 37.0 Å². The molecule has 6 nitrogen and oxygen atoms in total. The van der Waals surface area contributed by atoms with Crippen molar-refractivity contribution in [3.05, 3.63) is 57.0 Å². The van der Waals surface area contributed by atoms with E-state index in [-0.39, 0.29) is 5.91 Å². The largest absolute Gasteiger partial charge is 0.417 e. The van der Waals surface area contributed by atoms with Crippen LogP contribution in [-0.4, -0.2) is 24.0 Å². The summed E-state index contributed by atoms with van der Waals surface area (Å²) in [6.45, 7) is 1.74. The Morgan fingerprint density at radius 1 is 1.14 bits per heavy atom. The van der Waals surface area contributed by atoms with Crippen molar-refractivity contribution in [2.24, 2.45) is 5.92 Å². The van der Waals surface area contributed by atoms with Gasteiger partial charge in [0.15, 0.2) is 5.58 Å². The molecule has 1 aliphatic rings. The van der Waals surface area contributed by atoms with Gasteiger partial charge in [0.2, 0.25) is 5.91 Å². The highest BCUT2D eigenvalue weighted by Crippen LogP contribution is 2.30. The van der Waals surface area contributed by atoms with Gasteiger partial charge in [0.1, 0.15) is 0 Å². The summed E-state index contributed by atoms with van der Waals surface area (Å²) in [6.07, 6.45) is 2.32. The zero-order valence-corrected chi connectivity index (χ0v) is 16.5. The molecule has 4 rings (SSSR count). The second kappa shape index (κ2) is 7.89. The van der Waals surface area contributed by atoms with Gasteiger partial charge < -0.3 is 14.6 Å². The molecule has 0 saturated carbocycles. The molecule has 1 fully saturated rings. The smallest absolute Gasteiger partial charge is 0.408 e. The molecule has 1 aromatic heterocycles. The van der Waals surface area contributed by atoms with Crippen molar-refractivity contribution in [3.8, 4) is 0 Å². The molecule has 1 saturated heterocycles. The fourth-order valence-electron chi connectivity index (χ4n) is 3.57. The topological polar surface area (TPSA) is 78.3 Å². The predicted molar refractivity (Wildman–Crippen MR) is 111 cm³/mol. The number of carbonyl (C=O) groups is 1. The minimum Gasteiger partial charge on any atom is -0.408 e. The number of carbonyl (C=O) groups excluding carboxylic acids is 1. The molecule has 0 bridgehead atoms. The Labute approximate surface area is 171 Å². The van der Waals surface area contributed by atoms with E-state index in [4.69, 9.17) is 27.6 Å². The number of anilines is 2. The third-order valence-electron chi connectivity index (χ3n) is 5.06. The number of hydrogen-bond donors (Lipinski definition) is 2. The Morgan fingerprint density at radius 2 is 1.93 bits per heavy atom. The fraction of sp³-hybridized carbons (Fsp3) is 0.300. The minimum absolute atomic E-state index is 0.0368. The summed E-state index contributed by atoms with van der Waals surface area (Å²) in [5.41, 5.74) is 2.71. The van der Waals surface area contributed by atoms with Crippen LogP contribution in [0.15, 0.2) is 45.6 Å². The Balaban J connectivity index is 1.31. The monoisotopic (exact) mass is 419 g/mol. The summed E-state index contributed by atoms with van der Waals surface area (Å²) < 4.78 is 5.02. The zero-order valence-electron chi connectivity index (χ0n) is 15.0. The first-order valence-electron chi connectivity index (χ1n) is 9.10. The number of aromatic amines is 1. The number of fused-ring (bicyclic) bond motifs is 1. The van der Waals surface area contributed by atoms with E-state index >= 15 is 0 Å². The Bertz CT molecular complexity index is 1070. The van der Waals surface area contributed by atoms with Crippen LogP contribution in [0.5, 0.6) is 0 Å². The molecule has 8 heteroatoms. The van der Waals surface area contributed by atoms with E-state index < -0.39 is 5.76 Å². The first-order chi connectivity index (χ1) is 13.5. The molecular formula is C20H19Cl2N3O3. The quantitative estimate of drug-likeness (QED) is 0.643. The van der Waals surface area contributed by atoms with E-state index in [1.165, 1.54) is 0 Å². The molecule has 3 aromatic rings. The highest BCUT2D eigenvalue weighted by molar-refractivity contribution is 6.42. The molecule has 2 N–H and O–H groups in total. The molecule has 146 valence electrons. The number of amides is 1. The van der Waals surface area contributed by atoms with Crippen LogP contribution >= 0.6 is 23.2 Å². The van der Waals surface area contributed by atoms with Gasteiger partial charge in [-0.25, -0.2) is 4.79 Å². The van der Waals surface area contributed by atoms with E-state index in [0.717, 1.165) is 31.6 Å². The van der Waals surface area contributed by atoms with E-state index in [2.05, 4.69) is 15.2 Å². The van der Waals surface area contributed by atoms with E-state index in [1.807, 2.05) is 18.2 Å².